The van der Waals surface area contributed by atoms with Gasteiger partial charge in [-0.1, -0.05) is 39.8 Å². The molecule has 2 aromatic rings. The quantitative estimate of drug-likeness (QED) is 0.580. The largest absolute Gasteiger partial charge is 0.456 e. The van der Waals surface area contributed by atoms with Gasteiger partial charge < -0.3 is 14.2 Å². The number of likely N-dealkylation sites (tertiary alicyclic amines) is 1. The van der Waals surface area contributed by atoms with Gasteiger partial charge in [0.2, 0.25) is 5.91 Å². The topological polar surface area (TPSA) is 57.0 Å². The Bertz CT molecular complexity index is 1160. The van der Waals surface area contributed by atoms with Crippen LogP contribution in [0.15, 0.2) is 28.7 Å². The summed E-state index contributed by atoms with van der Waals surface area (Å²) in [4.78, 5) is 31.6. The van der Waals surface area contributed by atoms with Crippen molar-refractivity contribution < 1.29 is 14.0 Å². The molecule has 37 heavy (non-hydrogen) atoms. The minimum atomic E-state index is -0.0539. The number of fused-ring (bicyclic) bond motifs is 1. The highest BCUT2D eigenvalue weighted by atomic mass is 16.4. The summed E-state index contributed by atoms with van der Waals surface area (Å²) in [5.41, 5.74) is 5.85. The minimum Gasteiger partial charge on any atom is -0.456 e. The Labute approximate surface area is 222 Å². The standard InChI is InChI=1S/C31H43N3O3/c1-22-18-25-26(31(4,5)11-10-30(25,2)3)20-23(22)19-24-8-9-27(37-24)29(36)34-16-14-32(15-17-34)21-28(35)33-12-6-7-13-33/h8-9,18,20H,6-7,10-17,19,21H2,1-5H3. The van der Waals surface area contributed by atoms with Gasteiger partial charge in [0.1, 0.15) is 5.76 Å². The highest BCUT2D eigenvalue weighted by molar-refractivity contribution is 5.91. The summed E-state index contributed by atoms with van der Waals surface area (Å²) >= 11 is 0. The smallest absolute Gasteiger partial charge is 0.289 e. The number of carbonyl (C=O) groups is 2. The van der Waals surface area contributed by atoms with Crippen molar-refractivity contribution in [3.63, 3.8) is 0 Å². The van der Waals surface area contributed by atoms with E-state index in [9.17, 15) is 9.59 Å². The van der Waals surface area contributed by atoms with E-state index in [0.717, 1.165) is 44.8 Å². The van der Waals surface area contributed by atoms with Gasteiger partial charge >= 0.3 is 0 Å². The molecule has 3 aliphatic rings. The van der Waals surface area contributed by atoms with Crippen LogP contribution in [0.3, 0.4) is 0 Å². The fourth-order valence-electron chi connectivity index (χ4n) is 6.26. The van der Waals surface area contributed by atoms with Crippen LogP contribution >= 0.6 is 0 Å². The summed E-state index contributed by atoms with van der Waals surface area (Å²) in [7, 11) is 0. The van der Waals surface area contributed by atoms with E-state index in [1.54, 1.807) is 0 Å². The molecule has 2 saturated heterocycles. The van der Waals surface area contributed by atoms with Gasteiger partial charge in [-0.3, -0.25) is 14.5 Å². The summed E-state index contributed by atoms with van der Waals surface area (Å²) in [6.07, 6.45) is 5.31. The van der Waals surface area contributed by atoms with Crippen LogP contribution < -0.4 is 0 Å². The molecular formula is C31H43N3O3. The molecule has 2 fully saturated rings. The minimum absolute atomic E-state index is 0.0539. The van der Waals surface area contributed by atoms with Gasteiger partial charge in [0.15, 0.2) is 5.76 Å². The fourth-order valence-corrected chi connectivity index (χ4v) is 6.26. The first-order valence-corrected chi connectivity index (χ1v) is 14.1. The van der Waals surface area contributed by atoms with Gasteiger partial charge in [-0.15, -0.1) is 0 Å². The first-order chi connectivity index (χ1) is 17.5. The Hall–Kier alpha value is -2.60. The SMILES string of the molecule is Cc1cc2c(cc1Cc1ccc(C(=O)N3CCN(CC(=O)N4CCCC4)CC3)o1)C(C)(C)CCC2(C)C. The maximum Gasteiger partial charge on any atom is 0.289 e. The number of piperazine rings is 1. The third kappa shape index (κ3) is 5.36. The van der Waals surface area contributed by atoms with E-state index >= 15 is 0 Å². The van der Waals surface area contributed by atoms with Crippen molar-refractivity contribution in [2.45, 2.75) is 77.6 Å². The molecule has 200 valence electrons. The van der Waals surface area contributed by atoms with Crippen LogP contribution in [0.25, 0.3) is 0 Å². The van der Waals surface area contributed by atoms with E-state index in [4.69, 9.17) is 4.42 Å². The second-order valence-corrected chi connectivity index (χ2v) is 12.7. The number of benzene rings is 1. The molecule has 0 spiro atoms. The zero-order valence-corrected chi connectivity index (χ0v) is 23.4. The Balaban J connectivity index is 1.22. The van der Waals surface area contributed by atoms with E-state index in [1.165, 1.54) is 35.1 Å². The van der Waals surface area contributed by atoms with Crippen LogP contribution in [0.4, 0.5) is 0 Å². The first-order valence-electron chi connectivity index (χ1n) is 14.1. The second kappa shape index (κ2) is 9.94. The molecule has 3 heterocycles. The van der Waals surface area contributed by atoms with Crippen molar-refractivity contribution in [2.75, 3.05) is 45.8 Å². The third-order valence-electron chi connectivity index (χ3n) is 9.02. The van der Waals surface area contributed by atoms with Crippen LogP contribution in [0.5, 0.6) is 0 Å². The van der Waals surface area contributed by atoms with Crippen molar-refractivity contribution in [2.24, 2.45) is 0 Å². The Morgan fingerprint density at radius 2 is 1.46 bits per heavy atom. The Morgan fingerprint density at radius 3 is 2.11 bits per heavy atom. The number of aryl methyl sites for hydroxylation is 1. The summed E-state index contributed by atoms with van der Waals surface area (Å²) < 4.78 is 6.09. The van der Waals surface area contributed by atoms with Crippen LogP contribution in [-0.2, 0) is 22.0 Å². The molecule has 0 bridgehead atoms. The predicted molar refractivity (Wildman–Crippen MR) is 146 cm³/mol. The molecule has 6 heteroatoms. The lowest BCUT2D eigenvalue weighted by molar-refractivity contribution is -0.131. The molecule has 2 aliphatic heterocycles. The molecule has 0 radical (unpaired) electrons. The summed E-state index contributed by atoms with van der Waals surface area (Å²) in [5, 5.41) is 0. The average Bonchev–Trinajstić information content (AvgIpc) is 3.56. The van der Waals surface area contributed by atoms with Gasteiger partial charge in [-0.2, -0.15) is 0 Å². The first kappa shape index (κ1) is 26.0. The van der Waals surface area contributed by atoms with Gasteiger partial charge in [0, 0.05) is 45.7 Å². The normalized spacial score (nSPS) is 21.2. The fraction of sp³-hybridized carbons (Fsp3) is 0.613. The molecule has 1 aromatic carbocycles. The Morgan fingerprint density at radius 1 is 0.838 bits per heavy atom. The van der Waals surface area contributed by atoms with Crippen molar-refractivity contribution in [1.82, 2.24) is 14.7 Å². The number of furan rings is 1. The van der Waals surface area contributed by atoms with E-state index < -0.39 is 0 Å². The molecule has 1 aliphatic carbocycles. The number of hydrogen-bond acceptors (Lipinski definition) is 4. The number of amides is 2. The van der Waals surface area contributed by atoms with Crippen molar-refractivity contribution in [1.29, 1.82) is 0 Å². The molecular weight excluding hydrogens is 462 g/mol. The monoisotopic (exact) mass is 505 g/mol. The number of carbonyl (C=O) groups excluding carboxylic acids is 2. The molecule has 5 rings (SSSR count). The number of nitrogens with zero attached hydrogens (tertiary/aromatic N) is 3. The van der Waals surface area contributed by atoms with E-state index in [-0.39, 0.29) is 22.6 Å². The highest BCUT2D eigenvalue weighted by Gasteiger charge is 2.37. The summed E-state index contributed by atoms with van der Waals surface area (Å²) in [6, 6.07) is 8.54. The Kier molecular flexibility index (Phi) is 6.99. The third-order valence-corrected chi connectivity index (χ3v) is 9.02. The van der Waals surface area contributed by atoms with E-state index in [1.807, 2.05) is 21.9 Å². The molecule has 2 amide bonds. The van der Waals surface area contributed by atoms with E-state index in [2.05, 4.69) is 51.7 Å². The average molecular weight is 506 g/mol. The lowest BCUT2D eigenvalue weighted by Crippen LogP contribution is -2.51. The predicted octanol–water partition coefficient (Wildman–Crippen LogP) is 4.91. The zero-order chi connectivity index (χ0) is 26.4. The van der Waals surface area contributed by atoms with Crippen molar-refractivity contribution in [3.05, 3.63) is 58.0 Å². The molecule has 0 unspecified atom stereocenters. The molecule has 0 saturated carbocycles. The summed E-state index contributed by atoms with van der Waals surface area (Å²) in [5.74, 6) is 1.40. The van der Waals surface area contributed by atoms with E-state index in [0.29, 0.717) is 31.8 Å². The molecule has 0 atom stereocenters. The molecule has 1 aromatic heterocycles. The summed E-state index contributed by atoms with van der Waals surface area (Å²) in [6.45, 7) is 16.5. The maximum atomic E-state index is 13.2. The van der Waals surface area contributed by atoms with Gasteiger partial charge in [0.25, 0.3) is 5.91 Å². The number of hydrogen-bond donors (Lipinski definition) is 0. The maximum absolute atomic E-state index is 13.2. The molecule has 6 nitrogen and oxygen atoms in total. The van der Waals surface area contributed by atoms with Crippen LogP contribution in [0.2, 0.25) is 0 Å². The van der Waals surface area contributed by atoms with Crippen molar-refractivity contribution in [3.8, 4) is 0 Å². The lowest BCUT2D eigenvalue weighted by atomic mass is 9.62. The second-order valence-electron chi connectivity index (χ2n) is 12.7. The molecule has 0 N–H and O–H groups in total. The van der Waals surface area contributed by atoms with Crippen LogP contribution in [-0.4, -0.2) is 72.3 Å². The lowest BCUT2D eigenvalue weighted by Gasteiger charge is -2.42. The van der Waals surface area contributed by atoms with Crippen LogP contribution in [0.1, 0.15) is 91.9 Å². The van der Waals surface area contributed by atoms with Crippen molar-refractivity contribution >= 4 is 11.8 Å². The zero-order valence-electron chi connectivity index (χ0n) is 23.4. The number of rotatable bonds is 5. The van der Waals surface area contributed by atoms with Gasteiger partial charge in [-0.25, -0.2) is 0 Å². The van der Waals surface area contributed by atoms with Gasteiger partial charge in [0.05, 0.1) is 6.54 Å². The van der Waals surface area contributed by atoms with Gasteiger partial charge in [-0.05, 0) is 77.8 Å². The highest BCUT2D eigenvalue weighted by Crippen LogP contribution is 2.46. The van der Waals surface area contributed by atoms with Crippen LogP contribution in [0, 0.1) is 6.92 Å².